The summed E-state index contributed by atoms with van der Waals surface area (Å²) in [6, 6.07) is 0. The number of piperazine rings is 1. The number of hydrogen-bond acceptors (Lipinski definition) is 4. The Morgan fingerprint density at radius 3 is 2.75 bits per heavy atom. The van der Waals surface area contributed by atoms with Gasteiger partial charge in [-0.05, 0) is 13.5 Å². The SMILES string of the molecule is COCCCN(C)CC(=O)N1CCNCC1. The molecule has 1 N–H and O–H groups in total. The van der Waals surface area contributed by atoms with Crippen LogP contribution in [0.25, 0.3) is 0 Å². The number of amides is 1. The van der Waals surface area contributed by atoms with Crippen molar-refractivity contribution in [2.45, 2.75) is 6.42 Å². The van der Waals surface area contributed by atoms with Crippen LogP contribution in [0, 0.1) is 0 Å². The number of nitrogens with zero attached hydrogens (tertiary/aromatic N) is 2. The first-order valence-corrected chi connectivity index (χ1v) is 5.90. The molecule has 0 aromatic heterocycles. The van der Waals surface area contributed by atoms with Gasteiger partial charge in [-0.15, -0.1) is 0 Å². The summed E-state index contributed by atoms with van der Waals surface area (Å²) in [5.74, 6) is 0.237. The highest BCUT2D eigenvalue weighted by Crippen LogP contribution is 1.96. The second kappa shape index (κ2) is 7.60. The summed E-state index contributed by atoms with van der Waals surface area (Å²) in [6.07, 6.45) is 0.974. The molecule has 1 aliphatic rings. The Morgan fingerprint density at radius 1 is 1.44 bits per heavy atom. The van der Waals surface area contributed by atoms with Gasteiger partial charge in [-0.1, -0.05) is 0 Å². The first-order valence-electron chi connectivity index (χ1n) is 5.90. The Morgan fingerprint density at radius 2 is 2.12 bits per heavy atom. The van der Waals surface area contributed by atoms with E-state index in [1.54, 1.807) is 7.11 Å². The molecular formula is C11H23N3O2. The highest BCUT2D eigenvalue weighted by Gasteiger charge is 2.17. The van der Waals surface area contributed by atoms with Gasteiger partial charge in [0.15, 0.2) is 0 Å². The smallest absolute Gasteiger partial charge is 0.236 e. The summed E-state index contributed by atoms with van der Waals surface area (Å²) in [7, 11) is 3.68. The van der Waals surface area contributed by atoms with Gasteiger partial charge in [0.1, 0.15) is 0 Å². The van der Waals surface area contributed by atoms with Gasteiger partial charge in [-0.2, -0.15) is 0 Å². The fraction of sp³-hybridized carbons (Fsp3) is 0.909. The van der Waals surface area contributed by atoms with Crippen LogP contribution in [0.1, 0.15) is 6.42 Å². The maximum atomic E-state index is 11.9. The molecule has 16 heavy (non-hydrogen) atoms. The Bertz CT molecular complexity index is 205. The van der Waals surface area contributed by atoms with Crippen molar-refractivity contribution in [1.29, 1.82) is 0 Å². The standard InChI is InChI=1S/C11H23N3O2/c1-13(6-3-9-16-2)10-11(15)14-7-4-12-5-8-14/h12H,3-10H2,1-2H3. The molecule has 94 valence electrons. The van der Waals surface area contributed by atoms with Crippen LogP contribution < -0.4 is 5.32 Å². The lowest BCUT2D eigenvalue weighted by Crippen LogP contribution is -2.49. The third-order valence-electron chi connectivity index (χ3n) is 2.76. The molecule has 0 aliphatic carbocycles. The lowest BCUT2D eigenvalue weighted by molar-refractivity contribution is -0.132. The summed E-state index contributed by atoms with van der Waals surface area (Å²) < 4.78 is 4.98. The van der Waals surface area contributed by atoms with E-state index in [0.717, 1.165) is 45.8 Å². The van der Waals surface area contributed by atoms with Gasteiger partial charge in [0, 0.05) is 46.4 Å². The van der Waals surface area contributed by atoms with E-state index in [2.05, 4.69) is 10.2 Å². The molecule has 0 unspecified atom stereocenters. The third-order valence-corrected chi connectivity index (χ3v) is 2.76. The van der Waals surface area contributed by atoms with Crippen molar-refractivity contribution < 1.29 is 9.53 Å². The number of nitrogens with one attached hydrogen (secondary N) is 1. The molecule has 1 rings (SSSR count). The van der Waals surface area contributed by atoms with Crippen molar-refractivity contribution in [2.24, 2.45) is 0 Å². The van der Waals surface area contributed by atoms with E-state index in [9.17, 15) is 4.79 Å². The predicted octanol–water partition coefficient (Wildman–Crippen LogP) is -0.613. The highest BCUT2D eigenvalue weighted by atomic mass is 16.5. The van der Waals surface area contributed by atoms with Gasteiger partial charge in [0.25, 0.3) is 0 Å². The topological polar surface area (TPSA) is 44.8 Å². The number of likely N-dealkylation sites (N-methyl/N-ethyl adjacent to an activating group) is 1. The molecule has 1 fully saturated rings. The Hall–Kier alpha value is -0.650. The van der Waals surface area contributed by atoms with Crippen LogP contribution >= 0.6 is 0 Å². The Labute approximate surface area is 97.7 Å². The quantitative estimate of drug-likeness (QED) is 0.617. The zero-order valence-corrected chi connectivity index (χ0v) is 10.4. The zero-order chi connectivity index (χ0) is 11.8. The van der Waals surface area contributed by atoms with E-state index in [1.807, 2.05) is 11.9 Å². The average Bonchev–Trinajstić information content (AvgIpc) is 2.30. The van der Waals surface area contributed by atoms with E-state index in [1.165, 1.54) is 0 Å². The van der Waals surface area contributed by atoms with Gasteiger partial charge in [0.2, 0.25) is 5.91 Å². The number of ether oxygens (including phenoxy) is 1. The van der Waals surface area contributed by atoms with Crippen molar-refractivity contribution in [3.05, 3.63) is 0 Å². The minimum Gasteiger partial charge on any atom is -0.385 e. The van der Waals surface area contributed by atoms with Gasteiger partial charge >= 0.3 is 0 Å². The molecule has 1 aliphatic heterocycles. The molecule has 1 saturated heterocycles. The molecule has 0 aromatic rings. The number of hydrogen-bond donors (Lipinski definition) is 1. The first kappa shape index (κ1) is 13.4. The summed E-state index contributed by atoms with van der Waals surface area (Å²) in [6.45, 7) is 5.69. The van der Waals surface area contributed by atoms with Crippen molar-refractivity contribution >= 4 is 5.91 Å². The van der Waals surface area contributed by atoms with E-state index >= 15 is 0 Å². The van der Waals surface area contributed by atoms with Crippen LogP contribution in [0.2, 0.25) is 0 Å². The maximum Gasteiger partial charge on any atom is 0.236 e. The molecule has 0 spiro atoms. The molecule has 1 amide bonds. The first-order chi connectivity index (χ1) is 7.74. The minimum absolute atomic E-state index is 0.237. The van der Waals surface area contributed by atoms with Gasteiger partial charge in [-0.3, -0.25) is 9.69 Å². The molecule has 0 atom stereocenters. The lowest BCUT2D eigenvalue weighted by atomic mass is 10.3. The van der Waals surface area contributed by atoms with E-state index in [4.69, 9.17) is 4.74 Å². The van der Waals surface area contributed by atoms with Crippen LogP contribution in [-0.2, 0) is 9.53 Å². The molecule has 1 heterocycles. The summed E-state index contributed by atoms with van der Waals surface area (Å²) in [5.41, 5.74) is 0. The fourth-order valence-corrected chi connectivity index (χ4v) is 1.80. The van der Waals surface area contributed by atoms with Gasteiger partial charge in [0.05, 0.1) is 6.54 Å². The second-order valence-corrected chi connectivity index (χ2v) is 4.21. The van der Waals surface area contributed by atoms with E-state index in [0.29, 0.717) is 6.54 Å². The number of carbonyl (C=O) groups is 1. The molecule has 0 bridgehead atoms. The monoisotopic (exact) mass is 229 g/mol. The predicted molar refractivity (Wildman–Crippen MR) is 63.4 cm³/mol. The highest BCUT2D eigenvalue weighted by molar-refractivity contribution is 5.78. The summed E-state index contributed by atoms with van der Waals surface area (Å²) in [5, 5.41) is 3.24. The minimum atomic E-state index is 0.237. The molecule has 5 nitrogen and oxygen atoms in total. The van der Waals surface area contributed by atoms with E-state index in [-0.39, 0.29) is 5.91 Å². The second-order valence-electron chi connectivity index (χ2n) is 4.21. The average molecular weight is 229 g/mol. The fourth-order valence-electron chi connectivity index (χ4n) is 1.80. The van der Waals surface area contributed by atoms with Crippen LogP contribution in [0.15, 0.2) is 0 Å². The van der Waals surface area contributed by atoms with Crippen LogP contribution in [0.3, 0.4) is 0 Å². The molecule has 0 radical (unpaired) electrons. The molecule has 0 aromatic carbocycles. The van der Waals surface area contributed by atoms with Gasteiger partial charge < -0.3 is 15.0 Å². The van der Waals surface area contributed by atoms with Gasteiger partial charge in [-0.25, -0.2) is 0 Å². The Balaban J connectivity index is 2.16. The van der Waals surface area contributed by atoms with Crippen molar-refractivity contribution in [1.82, 2.24) is 15.1 Å². The lowest BCUT2D eigenvalue weighted by Gasteiger charge is -2.29. The van der Waals surface area contributed by atoms with Crippen LogP contribution in [0.5, 0.6) is 0 Å². The third kappa shape index (κ3) is 4.92. The van der Waals surface area contributed by atoms with E-state index < -0.39 is 0 Å². The number of rotatable bonds is 6. The summed E-state index contributed by atoms with van der Waals surface area (Å²) >= 11 is 0. The van der Waals surface area contributed by atoms with Crippen LogP contribution in [0.4, 0.5) is 0 Å². The van der Waals surface area contributed by atoms with Crippen molar-refractivity contribution in [3.8, 4) is 0 Å². The number of methoxy groups -OCH3 is 1. The molecular weight excluding hydrogens is 206 g/mol. The largest absolute Gasteiger partial charge is 0.385 e. The number of carbonyl (C=O) groups excluding carboxylic acids is 1. The summed E-state index contributed by atoms with van der Waals surface area (Å²) in [4.78, 5) is 15.9. The normalized spacial score (nSPS) is 16.8. The van der Waals surface area contributed by atoms with Crippen molar-refractivity contribution in [2.75, 3.05) is 60.0 Å². The molecule has 0 saturated carbocycles. The zero-order valence-electron chi connectivity index (χ0n) is 10.4. The maximum absolute atomic E-state index is 11.9. The Kier molecular flexibility index (Phi) is 6.37. The molecule has 5 heteroatoms. The van der Waals surface area contributed by atoms with Crippen molar-refractivity contribution in [3.63, 3.8) is 0 Å². The van der Waals surface area contributed by atoms with Crippen LogP contribution in [-0.4, -0.2) is 75.7 Å².